The lowest BCUT2D eigenvalue weighted by Gasteiger charge is -2.11. The Morgan fingerprint density at radius 3 is 2.59 bits per heavy atom. The van der Waals surface area contributed by atoms with Crippen LogP contribution in [0.5, 0.6) is 0 Å². The molecule has 1 amide bonds. The molecule has 1 aliphatic carbocycles. The number of rotatable bonds is 3. The molecule has 0 aliphatic heterocycles. The van der Waals surface area contributed by atoms with Crippen LogP contribution in [0.3, 0.4) is 0 Å². The normalized spacial score (nSPS) is 15.0. The van der Waals surface area contributed by atoms with Crippen LogP contribution in [0.2, 0.25) is 0 Å². The van der Waals surface area contributed by atoms with Crippen LogP contribution in [0.15, 0.2) is 18.2 Å². The van der Waals surface area contributed by atoms with E-state index < -0.39 is 23.3 Å². The number of nitrogens with zero attached hydrogens (tertiary/aromatic N) is 2. The van der Waals surface area contributed by atoms with Gasteiger partial charge in [-0.05, 0) is 30.9 Å². The van der Waals surface area contributed by atoms with Gasteiger partial charge < -0.3 is 10.3 Å². The molecule has 7 heteroatoms. The monoisotopic (exact) mass is 307 g/mol. The van der Waals surface area contributed by atoms with Crippen molar-refractivity contribution < 1.29 is 18.0 Å². The lowest BCUT2D eigenvalue weighted by molar-refractivity contribution is -0.135. The molecule has 114 valence electrons. The molecule has 22 heavy (non-hydrogen) atoms. The fourth-order valence-corrected chi connectivity index (χ4v) is 2.78. The van der Waals surface area contributed by atoms with Crippen LogP contribution in [0.25, 0.3) is 15.7 Å². The number of carbonyl (C=O) groups excluding carboxylic acids is 1. The summed E-state index contributed by atoms with van der Waals surface area (Å²) in [5.41, 5.74) is 4.82. The zero-order chi connectivity index (χ0) is 16.1. The first kappa shape index (κ1) is 14.4. The molecule has 0 radical (unpaired) electrons. The number of halogens is 3. The largest absolute Gasteiger partial charge is 0.408 e. The molecular formula is C15H12F3N3O. The molecule has 0 bridgehead atoms. The number of carbonyl (C=O) groups is 1. The zero-order valence-electron chi connectivity index (χ0n) is 11.4. The van der Waals surface area contributed by atoms with E-state index in [9.17, 15) is 18.0 Å². The molecule has 2 N–H and O–H groups in total. The maximum atomic E-state index is 13.3. The summed E-state index contributed by atoms with van der Waals surface area (Å²) < 4.78 is 41.6. The first-order valence-corrected chi connectivity index (χ1v) is 6.72. The number of hydrogen-bond donors (Lipinski definition) is 1. The van der Waals surface area contributed by atoms with Gasteiger partial charge in [-0.15, -0.1) is 0 Å². The van der Waals surface area contributed by atoms with Crippen LogP contribution >= 0.6 is 0 Å². The summed E-state index contributed by atoms with van der Waals surface area (Å²) in [5, 5.41) is -0.0378. The van der Waals surface area contributed by atoms with E-state index in [0.717, 1.165) is 18.9 Å². The van der Waals surface area contributed by atoms with Crippen molar-refractivity contribution in [1.29, 1.82) is 0 Å². The predicted octanol–water partition coefficient (Wildman–Crippen LogP) is 3.57. The molecule has 0 unspecified atom stereocenters. The standard InChI is InChI=1S/C15H12F3N3O/c1-20-10-4-5-11-9(14(10)15(16,17)18)6-12(8-2-3-8)21(11)7-13(19)22/h4-6,8H,2-3,7H2,(H2,19,22). The summed E-state index contributed by atoms with van der Waals surface area (Å²) in [5.74, 6) is -0.452. The highest BCUT2D eigenvalue weighted by molar-refractivity contribution is 5.91. The van der Waals surface area contributed by atoms with Crippen LogP contribution in [-0.2, 0) is 17.5 Å². The van der Waals surface area contributed by atoms with Crippen molar-refractivity contribution in [3.63, 3.8) is 0 Å². The highest BCUT2D eigenvalue weighted by atomic mass is 19.4. The van der Waals surface area contributed by atoms with Gasteiger partial charge in [-0.1, -0.05) is 6.07 Å². The van der Waals surface area contributed by atoms with E-state index in [2.05, 4.69) is 4.85 Å². The van der Waals surface area contributed by atoms with Gasteiger partial charge in [-0.25, -0.2) is 4.85 Å². The zero-order valence-corrected chi connectivity index (χ0v) is 11.4. The number of nitrogens with two attached hydrogens (primary N) is 1. The summed E-state index contributed by atoms with van der Waals surface area (Å²) in [7, 11) is 0. The van der Waals surface area contributed by atoms with Crippen molar-refractivity contribution in [2.45, 2.75) is 31.5 Å². The predicted molar refractivity (Wildman–Crippen MR) is 74.4 cm³/mol. The third-order valence-electron chi connectivity index (χ3n) is 3.81. The Morgan fingerprint density at radius 2 is 2.09 bits per heavy atom. The number of fused-ring (bicyclic) bond motifs is 1. The highest BCUT2D eigenvalue weighted by Gasteiger charge is 2.37. The van der Waals surface area contributed by atoms with Crippen LogP contribution in [0.4, 0.5) is 18.9 Å². The first-order valence-electron chi connectivity index (χ1n) is 6.72. The molecule has 3 rings (SSSR count). The Balaban J connectivity index is 2.34. The molecule has 1 aliphatic rings. The minimum atomic E-state index is -4.63. The summed E-state index contributed by atoms with van der Waals surface area (Å²) in [6, 6.07) is 4.05. The first-order chi connectivity index (χ1) is 10.3. The van der Waals surface area contributed by atoms with Gasteiger partial charge >= 0.3 is 6.18 Å². The topological polar surface area (TPSA) is 52.4 Å². The summed E-state index contributed by atoms with van der Waals surface area (Å²) in [6.45, 7) is 6.79. The van der Waals surface area contributed by atoms with E-state index in [1.54, 1.807) is 0 Å². The van der Waals surface area contributed by atoms with Crippen LogP contribution in [0.1, 0.15) is 30.0 Å². The summed E-state index contributed by atoms with van der Waals surface area (Å²) >= 11 is 0. The van der Waals surface area contributed by atoms with Crippen molar-refractivity contribution >= 4 is 22.5 Å². The van der Waals surface area contributed by atoms with Gasteiger partial charge in [0, 0.05) is 16.6 Å². The Morgan fingerprint density at radius 1 is 1.41 bits per heavy atom. The number of amides is 1. The van der Waals surface area contributed by atoms with Crippen LogP contribution in [-0.4, -0.2) is 10.5 Å². The third-order valence-corrected chi connectivity index (χ3v) is 3.81. The molecule has 1 saturated carbocycles. The molecule has 1 heterocycles. The number of aromatic nitrogens is 1. The van der Waals surface area contributed by atoms with Crippen LogP contribution in [0, 0.1) is 6.57 Å². The summed E-state index contributed by atoms with van der Waals surface area (Å²) in [4.78, 5) is 14.2. The van der Waals surface area contributed by atoms with Gasteiger partial charge in [0.25, 0.3) is 0 Å². The molecule has 4 nitrogen and oxygen atoms in total. The van der Waals surface area contributed by atoms with E-state index in [0.29, 0.717) is 11.2 Å². The van der Waals surface area contributed by atoms with Gasteiger partial charge in [0.05, 0.1) is 12.1 Å². The highest BCUT2D eigenvalue weighted by Crippen LogP contribution is 2.46. The van der Waals surface area contributed by atoms with E-state index >= 15 is 0 Å². The van der Waals surface area contributed by atoms with Gasteiger partial charge in [-0.2, -0.15) is 13.2 Å². The molecule has 0 saturated heterocycles. The maximum Gasteiger partial charge on any atom is 0.408 e. The lowest BCUT2D eigenvalue weighted by atomic mass is 10.1. The van der Waals surface area contributed by atoms with Crippen molar-refractivity contribution in [2.75, 3.05) is 0 Å². The Kier molecular flexibility index (Phi) is 3.13. The second-order valence-electron chi connectivity index (χ2n) is 5.40. The molecule has 1 fully saturated rings. The number of benzene rings is 1. The van der Waals surface area contributed by atoms with Crippen molar-refractivity contribution in [3.8, 4) is 0 Å². The van der Waals surface area contributed by atoms with Crippen LogP contribution < -0.4 is 5.73 Å². The smallest absolute Gasteiger partial charge is 0.368 e. The quantitative estimate of drug-likeness (QED) is 0.866. The average Bonchev–Trinajstić information content (AvgIpc) is 3.20. The Hall–Kier alpha value is -2.49. The minimum Gasteiger partial charge on any atom is -0.368 e. The minimum absolute atomic E-state index is 0.0378. The maximum absolute atomic E-state index is 13.3. The van der Waals surface area contributed by atoms with E-state index in [1.807, 2.05) is 0 Å². The van der Waals surface area contributed by atoms with Gasteiger partial charge in [0.15, 0.2) is 5.69 Å². The molecule has 0 spiro atoms. The van der Waals surface area contributed by atoms with E-state index in [1.165, 1.54) is 16.7 Å². The average molecular weight is 307 g/mol. The SMILES string of the molecule is [C-]#[N+]c1ccc2c(cc(C3CC3)n2CC(N)=O)c1C(F)(F)F. The molecule has 2 aromatic rings. The Bertz CT molecular complexity index is 810. The molecule has 0 atom stereocenters. The molecule has 1 aromatic heterocycles. The fourth-order valence-electron chi connectivity index (χ4n) is 2.78. The van der Waals surface area contributed by atoms with Gasteiger partial charge in [-0.3, -0.25) is 4.79 Å². The second kappa shape index (κ2) is 4.77. The Labute approximate surface area is 124 Å². The summed E-state index contributed by atoms with van der Waals surface area (Å²) in [6.07, 6.45) is -2.86. The van der Waals surface area contributed by atoms with E-state index in [4.69, 9.17) is 12.3 Å². The third kappa shape index (κ3) is 2.30. The molecule has 1 aromatic carbocycles. The van der Waals surface area contributed by atoms with Gasteiger partial charge in [0.1, 0.15) is 6.54 Å². The van der Waals surface area contributed by atoms with Crippen molar-refractivity contribution in [1.82, 2.24) is 4.57 Å². The van der Waals surface area contributed by atoms with Gasteiger partial charge in [0.2, 0.25) is 5.91 Å². The number of alkyl halides is 3. The molecular weight excluding hydrogens is 295 g/mol. The number of hydrogen-bond acceptors (Lipinski definition) is 1. The number of primary amides is 1. The van der Waals surface area contributed by atoms with Crippen molar-refractivity contribution in [3.05, 3.63) is 40.9 Å². The second-order valence-corrected chi connectivity index (χ2v) is 5.40. The fraction of sp³-hybridized carbons (Fsp3) is 0.333. The van der Waals surface area contributed by atoms with Crippen molar-refractivity contribution in [2.24, 2.45) is 5.73 Å². The lowest BCUT2D eigenvalue weighted by Crippen LogP contribution is -2.19. The van der Waals surface area contributed by atoms with E-state index in [-0.39, 0.29) is 17.8 Å².